The van der Waals surface area contributed by atoms with E-state index in [1.165, 1.54) is 0 Å². The molecule has 1 N–H and O–H groups in total. The third-order valence-corrected chi connectivity index (χ3v) is 8.39. The Morgan fingerprint density at radius 2 is 1.80 bits per heavy atom. The van der Waals surface area contributed by atoms with Crippen molar-refractivity contribution in [3.05, 3.63) is 95.1 Å². The topological polar surface area (TPSA) is 88.1 Å². The molecule has 40 heavy (non-hydrogen) atoms. The number of rotatable bonds is 4. The van der Waals surface area contributed by atoms with E-state index in [9.17, 15) is 9.59 Å². The molecule has 0 radical (unpaired) electrons. The highest BCUT2D eigenvalue weighted by atomic mass is 16.2. The fourth-order valence-electron chi connectivity index (χ4n) is 6.11. The average molecular weight is 532 g/mol. The number of hydrogen-bond acceptors (Lipinski definition) is 5. The van der Waals surface area contributed by atoms with Gasteiger partial charge in [0.1, 0.15) is 5.82 Å². The van der Waals surface area contributed by atoms with E-state index >= 15 is 0 Å². The smallest absolute Gasteiger partial charge is 0.253 e. The molecule has 6 rings (SSSR count). The van der Waals surface area contributed by atoms with Crippen LogP contribution in [0.4, 0.5) is 5.82 Å². The Morgan fingerprint density at radius 3 is 2.55 bits per heavy atom. The molecule has 1 aliphatic heterocycles. The molecule has 0 atom stereocenters. The van der Waals surface area contributed by atoms with Gasteiger partial charge in [-0.1, -0.05) is 23.3 Å². The quantitative estimate of drug-likeness (QED) is 0.317. The molecular formula is C33H33N5O2. The summed E-state index contributed by atoms with van der Waals surface area (Å²) >= 11 is 0. The lowest BCUT2D eigenvalue weighted by Crippen LogP contribution is -2.46. The zero-order chi connectivity index (χ0) is 27.9. The van der Waals surface area contributed by atoms with Gasteiger partial charge in [-0.05, 0) is 93.2 Å². The van der Waals surface area contributed by atoms with Crippen LogP contribution >= 0.6 is 0 Å². The summed E-state index contributed by atoms with van der Waals surface area (Å²) < 4.78 is 0. The van der Waals surface area contributed by atoms with Crippen molar-refractivity contribution in [2.45, 2.75) is 46.5 Å². The minimum absolute atomic E-state index is 0.115. The van der Waals surface area contributed by atoms with Gasteiger partial charge in [0.2, 0.25) is 5.91 Å². The number of anilines is 1. The Balaban J connectivity index is 1.08. The number of aryl methyl sites for hydroxylation is 3. The first kappa shape index (κ1) is 25.9. The van der Waals surface area contributed by atoms with Crippen LogP contribution in [-0.4, -0.2) is 44.8 Å². The van der Waals surface area contributed by atoms with Crippen molar-refractivity contribution < 1.29 is 9.59 Å². The summed E-state index contributed by atoms with van der Waals surface area (Å²) in [5.41, 5.74) is 7.07. The van der Waals surface area contributed by atoms with Crippen molar-refractivity contribution in [1.29, 1.82) is 0 Å². The highest BCUT2D eigenvalue weighted by Gasteiger charge is 2.43. The number of benzene rings is 1. The van der Waals surface area contributed by atoms with Crippen LogP contribution in [0, 0.1) is 26.2 Å². The van der Waals surface area contributed by atoms with E-state index in [2.05, 4.69) is 15.3 Å². The number of aromatic nitrogens is 3. The minimum Gasteiger partial charge on any atom is -0.339 e. The van der Waals surface area contributed by atoms with Crippen molar-refractivity contribution >= 4 is 28.4 Å². The van der Waals surface area contributed by atoms with Crippen LogP contribution in [0.1, 0.15) is 52.9 Å². The van der Waals surface area contributed by atoms with E-state index in [0.717, 1.165) is 88.8 Å². The van der Waals surface area contributed by atoms with Crippen LogP contribution in [0.15, 0.2) is 72.7 Å². The fraction of sp³-hybridized carbons (Fsp3) is 0.303. The van der Waals surface area contributed by atoms with Gasteiger partial charge in [-0.2, -0.15) is 0 Å². The second-order valence-electron chi connectivity index (χ2n) is 11.4. The molecule has 1 aromatic carbocycles. The van der Waals surface area contributed by atoms with Crippen molar-refractivity contribution in [1.82, 2.24) is 19.9 Å². The number of carbonyl (C=O) groups excluding carboxylic acids is 2. The van der Waals surface area contributed by atoms with Crippen molar-refractivity contribution in [3.8, 4) is 11.3 Å². The second-order valence-corrected chi connectivity index (χ2v) is 11.4. The van der Waals surface area contributed by atoms with Crippen LogP contribution in [0.25, 0.3) is 22.0 Å². The number of carbonyl (C=O) groups is 2. The van der Waals surface area contributed by atoms with Crippen molar-refractivity contribution in [2.24, 2.45) is 5.41 Å². The van der Waals surface area contributed by atoms with Gasteiger partial charge in [-0.25, -0.2) is 4.98 Å². The van der Waals surface area contributed by atoms with Crippen LogP contribution in [-0.2, 0) is 4.79 Å². The molecule has 202 valence electrons. The summed E-state index contributed by atoms with van der Waals surface area (Å²) in [6, 6.07) is 13.7. The second kappa shape index (κ2) is 10.3. The zero-order valence-electron chi connectivity index (χ0n) is 23.2. The van der Waals surface area contributed by atoms with Crippen molar-refractivity contribution in [2.75, 3.05) is 18.4 Å². The normalized spacial score (nSPS) is 16.1. The summed E-state index contributed by atoms with van der Waals surface area (Å²) in [6.07, 6.45) is 10.9. The monoisotopic (exact) mass is 531 g/mol. The zero-order valence-corrected chi connectivity index (χ0v) is 23.2. The molecule has 2 fully saturated rings. The number of nitrogens with one attached hydrogen (secondary N) is 1. The van der Waals surface area contributed by atoms with Crippen LogP contribution in [0.2, 0.25) is 0 Å². The Labute approximate surface area is 234 Å². The number of hydrogen-bond donors (Lipinski definition) is 1. The number of piperidine rings is 1. The van der Waals surface area contributed by atoms with Crippen LogP contribution in [0.5, 0.6) is 0 Å². The van der Waals surface area contributed by atoms with Gasteiger partial charge in [-0.3, -0.25) is 19.6 Å². The number of nitrogens with zero attached hydrogens (tertiary/aromatic N) is 4. The molecule has 1 saturated heterocycles. The van der Waals surface area contributed by atoms with E-state index in [0.29, 0.717) is 5.82 Å². The van der Waals surface area contributed by atoms with Gasteiger partial charge in [0, 0.05) is 60.0 Å². The summed E-state index contributed by atoms with van der Waals surface area (Å²) in [6.45, 7) is 7.56. The molecule has 1 spiro atoms. The van der Waals surface area contributed by atoms with E-state index in [4.69, 9.17) is 4.98 Å². The molecular weight excluding hydrogens is 498 g/mol. The SMILES string of the molecule is Cc1cccc(C(=O)N2CCC3(CC2)CC(=CC(=O)Nc2cc4cc(-c5cnccc5C)nc(C)c4cn2)C3)c1. The number of likely N-dealkylation sites (tertiary alicyclic amines) is 1. The lowest BCUT2D eigenvalue weighted by atomic mass is 9.60. The first-order valence-electron chi connectivity index (χ1n) is 13.8. The summed E-state index contributed by atoms with van der Waals surface area (Å²) in [4.78, 5) is 41.2. The average Bonchev–Trinajstić information content (AvgIpc) is 2.92. The van der Waals surface area contributed by atoms with E-state index in [1.54, 1.807) is 18.5 Å². The molecule has 4 aromatic rings. The summed E-state index contributed by atoms with van der Waals surface area (Å²) in [5, 5.41) is 4.87. The van der Waals surface area contributed by atoms with Gasteiger partial charge in [0.05, 0.1) is 5.69 Å². The molecule has 1 aliphatic carbocycles. The van der Waals surface area contributed by atoms with Crippen molar-refractivity contribution in [3.63, 3.8) is 0 Å². The highest BCUT2D eigenvalue weighted by Crippen LogP contribution is 2.52. The maximum absolute atomic E-state index is 12.9. The standard InChI is InChI=1S/C33H33N5O2/c1-21-5-4-6-25(13-21)32(40)38-11-8-33(9-12-38)17-24(18-33)14-31(39)37-30-16-26-15-29(27-19-34-10-7-22(27)2)36-23(3)28(26)20-35-30/h4-7,10,13-16,19-20H,8-9,11-12,17-18H2,1-3H3,(H,35,37,39). The first-order valence-corrected chi connectivity index (χ1v) is 13.8. The first-order chi connectivity index (χ1) is 19.3. The maximum Gasteiger partial charge on any atom is 0.253 e. The molecule has 2 amide bonds. The molecule has 0 bridgehead atoms. The Bertz CT molecular complexity index is 1660. The predicted octanol–water partition coefficient (Wildman–Crippen LogP) is 6.20. The van der Waals surface area contributed by atoms with Gasteiger partial charge in [-0.15, -0.1) is 0 Å². The van der Waals surface area contributed by atoms with E-state index < -0.39 is 0 Å². The Hall–Kier alpha value is -4.39. The Morgan fingerprint density at radius 1 is 1.00 bits per heavy atom. The van der Waals surface area contributed by atoms with E-state index in [1.807, 2.05) is 74.3 Å². The molecule has 1 saturated carbocycles. The third kappa shape index (κ3) is 5.11. The number of allylic oxidation sites excluding steroid dienone is 1. The lowest BCUT2D eigenvalue weighted by molar-refractivity contribution is -0.112. The fourth-order valence-corrected chi connectivity index (χ4v) is 6.11. The molecule has 4 heterocycles. The number of fused-ring (bicyclic) bond motifs is 1. The summed E-state index contributed by atoms with van der Waals surface area (Å²) in [7, 11) is 0. The van der Waals surface area contributed by atoms with Crippen LogP contribution < -0.4 is 5.32 Å². The predicted molar refractivity (Wildman–Crippen MR) is 157 cm³/mol. The minimum atomic E-state index is -0.155. The number of pyridine rings is 3. The summed E-state index contributed by atoms with van der Waals surface area (Å²) in [5.74, 6) is 0.480. The Kier molecular flexibility index (Phi) is 6.66. The largest absolute Gasteiger partial charge is 0.339 e. The van der Waals surface area contributed by atoms with Gasteiger partial charge in [0.25, 0.3) is 5.91 Å². The molecule has 0 unspecified atom stereocenters. The van der Waals surface area contributed by atoms with E-state index in [-0.39, 0.29) is 17.2 Å². The van der Waals surface area contributed by atoms with Gasteiger partial charge in [0.15, 0.2) is 0 Å². The van der Waals surface area contributed by atoms with Gasteiger partial charge >= 0.3 is 0 Å². The number of amides is 2. The lowest BCUT2D eigenvalue weighted by Gasteiger charge is -2.49. The molecule has 2 aliphatic rings. The maximum atomic E-state index is 12.9. The van der Waals surface area contributed by atoms with Gasteiger partial charge < -0.3 is 10.2 Å². The molecule has 3 aromatic heterocycles. The molecule has 7 heteroatoms. The highest BCUT2D eigenvalue weighted by molar-refractivity contribution is 6.01. The third-order valence-electron chi connectivity index (χ3n) is 8.39. The van der Waals surface area contributed by atoms with Crippen LogP contribution in [0.3, 0.4) is 0 Å². The molecule has 7 nitrogen and oxygen atoms in total.